The van der Waals surface area contributed by atoms with Gasteiger partial charge >= 0.3 is 5.97 Å². The fourth-order valence-electron chi connectivity index (χ4n) is 2.53. The number of carboxylic acid groups (broad SMARTS) is 1. The summed E-state index contributed by atoms with van der Waals surface area (Å²) in [6.45, 7) is 0.843. The van der Waals surface area contributed by atoms with E-state index in [9.17, 15) is 14.7 Å². The van der Waals surface area contributed by atoms with Crippen molar-refractivity contribution >= 4 is 22.5 Å². The summed E-state index contributed by atoms with van der Waals surface area (Å²) in [5, 5.41) is 9.59. The number of ether oxygens (including phenoxy) is 2. The zero-order valence-electron chi connectivity index (χ0n) is 11.3. The van der Waals surface area contributed by atoms with E-state index in [0.717, 1.165) is 0 Å². The normalized spacial score (nSPS) is 13.5. The van der Waals surface area contributed by atoms with E-state index in [1.165, 1.54) is 22.7 Å². The average molecular weight is 298 g/mol. The predicted molar refractivity (Wildman–Crippen MR) is 76.9 cm³/mol. The second-order valence-electron chi connectivity index (χ2n) is 4.85. The molecule has 1 aromatic carbocycles. The van der Waals surface area contributed by atoms with E-state index in [0.29, 0.717) is 35.6 Å². The number of nitrogens with zero attached hydrogens (tertiary/aromatic N) is 2. The van der Waals surface area contributed by atoms with E-state index in [-0.39, 0.29) is 16.8 Å². The summed E-state index contributed by atoms with van der Waals surface area (Å²) < 4.78 is 12.2. The van der Waals surface area contributed by atoms with E-state index < -0.39 is 5.97 Å². The minimum Gasteiger partial charge on any atom is -0.486 e. The molecule has 110 valence electrons. The Morgan fingerprint density at radius 2 is 1.95 bits per heavy atom. The molecule has 4 rings (SSSR count). The molecular weight excluding hydrogens is 288 g/mol. The minimum atomic E-state index is -1.14. The number of aromatic carboxylic acids is 1. The number of pyridine rings is 1. The summed E-state index contributed by atoms with van der Waals surface area (Å²) in [5.41, 5.74) is 0.101. The topological polar surface area (TPSA) is 90.1 Å². The van der Waals surface area contributed by atoms with Gasteiger partial charge < -0.3 is 14.6 Å². The first-order valence-electron chi connectivity index (χ1n) is 6.63. The van der Waals surface area contributed by atoms with Gasteiger partial charge in [-0.3, -0.25) is 9.20 Å². The molecule has 22 heavy (non-hydrogen) atoms. The number of fused-ring (bicyclic) bond motifs is 3. The van der Waals surface area contributed by atoms with Gasteiger partial charge in [0.2, 0.25) is 0 Å². The van der Waals surface area contributed by atoms with Crippen LogP contribution < -0.4 is 15.0 Å². The number of rotatable bonds is 1. The van der Waals surface area contributed by atoms with E-state index in [1.54, 1.807) is 12.1 Å². The maximum atomic E-state index is 12.6. The molecule has 0 spiro atoms. The van der Waals surface area contributed by atoms with Crippen LogP contribution >= 0.6 is 0 Å². The van der Waals surface area contributed by atoms with E-state index in [2.05, 4.69) is 4.98 Å². The van der Waals surface area contributed by atoms with Gasteiger partial charge in [0.25, 0.3) is 5.56 Å². The van der Waals surface area contributed by atoms with Crippen LogP contribution in [0.1, 0.15) is 10.4 Å². The first kappa shape index (κ1) is 12.6. The Labute approximate surface area is 123 Å². The second-order valence-corrected chi connectivity index (χ2v) is 4.85. The highest BCUT2D eigenvalue weighted by Crippen LogP contribution is 2.33. The molecule has 0 unspecified atom stereocenters. The summed E-state index contributed by atoms with van der Waals surface area (Å²) in [6.07, 6.45) is 1.49. The van der Waals surface area contributed by atoms with Crippen LogP contribution in [0.15, 0.2) is 35.3 Å². The maximum Gasteiger partial charge on any atom is 0.339 e. The van der Waals surface area contributed by atoms with Crippen molar-refractivity contribution in [2.75, 3.05) is 13.2 Å². The molecule has 0 aliphatic carbocycles. The third kappa shape index (κ3) is 1.72. The van der Waals surface area contributed by atoms with Crippen molar-refractivity contribution in [3.63, 3.8) is 0 Å². The zero-order chi connectivity index (χ0) is 15.3. The lowest BCUT2D eigenvalue weighted by atomic mass is 10.2. The Balaban J connectivity index is 2.14. The Morgan fingerprint density at radius 3 is 2.68 bits per heavy atom. The highest BCUT2D eigenvalue weighted by Gasteiger charge is 2.18. The first-order valence-corrected chi connectivity index (χ1v) is 6.63. The Bertz CT molecular complexity index is 993. The largest absolute Gasteiger partial charge is 0.486 e. The zero-order valence-corrected chi connectivity index (χ0v) is 11.3. The quantitative estimate of drug-likeness (QED) is 0.681. The number of hydrogen-bond donors (Lipinski definition) is 1. The van der Waals surface area contributed by atoms with Crippen molar-refractivity contribution in [1.29, 1.82) is 0 Å². The van der Waals surface area contributed by atoms with Crippen LogP contribution in [0.2, 0.25) is 0 Å². The second kappa shape index (κ2) is 4.45. The number of benzene rings is 1. The molecule has 3 aromatic rings. The molecule has 0 saturated heterocycles. The van der Waals surface area contributed by atoms with Crippen molar-refractivity contribution in [1.82, 2.24) is 9.38 Å². The SMILES string of the molecule is O=C(O)c1cccn2c(=O)c3cc4c(cc3nc12)OCCO4. The van der Waals surface area contributed by atoms with E-state index >= 15 is 0 Å². The molecule has 1 aliphatic heterocycles. The lowest BCUT2D eigenvalue weighted by molar-refractivity contribution is 0.0698. The lowest BCUT2D eigenvalue weighted by Crippen LogP contribution is -2.19. The van der Waals surface area contributed by atoms with Gasteiger partial charge in [-0.1, -0.05) is 0 Å². The van der Waals surface area contributed by atoms with Crippen molar-refractivity contribution in [3.8, 4) is 11.5 Å². The van der Waals surface area contributed by atoms with Gasteiger partial charge in [0, 0.05) is 12.3 Å². The molecule has 0 radical (unpaired) electrons. The molecule has 1 N–H and O–H groups in total. The van der Waals surface area contributed by atoms with E-state index in [4.69, 9.17) is 9.47 Å². The summed E-state index contributed by atoms with van der Waals surface area (Å²) in [5.74, 6) is -0.142. The van der Waals surface area contributed by atoms with Gasteiger partial charge in [0.15, 0.2) is 17.1 Å². The molecule has 1 aliphatic rings. The molecule has 3 heterocycles. The van der Waals surface area contributed by atoms with Crippen molar-refractivity contribution < 1.29 is 19.4 Å². The fourth-order valence-corrected chi connectivity index (χ4v) is 2.53. The van der Waals surface area contributed by atoms with Gasteiger partial charge in [-0.05, 0) is 18.2 Å². The molecule has 0 saturated carbocycles. The minimum absolute atomic E-state index is 0.0311. The summed E-state index contributed by atoms with van der Waals surface area (Å²) in [6, 6.07) is 6.10. The molecule has 0 atom stereocenters. The molecule has 0 bridgehead atoms. The van der Waals surface area contributed by atoms with Gasteiger partial charge in [-0.15, -0.1) is 0 Å². The third-order valence-corrected chi connectivity index (χ3v) is 3.53. The number of aromatic nitrogens is 2. The number of carbonyl (C=O) groups is 1. The van der Waals surface area contributed by atoms with Crippen LogP contribution in [0.4, 0.5) is 0 Å². The van der Waals surface area contributed by atoms with E-state index in [1.807, 2.05) is 0 Å². The molecule has 0 amide bonds. The predicted octanol–water partition coefficient (Wildman–Crippen LogP) is 1.32. The molecule has 7 nitrogen and oxygen atoms in total. The molecule has 0 fully saturated rings. The van der Waals surface area contributed by atoms with Gasteiger partial charge in [0.1, 0.15) is 18.8 Å². The van der Waals surface area contributed by atoms with Crippen molar-refractivity contribution in [2.24, 2.45) is 0 Å². The highest BCUT2D eigenvalue weighted by molar-refractivity contribution is 5.95. The van der Waals surface area contributed by atoms with Gasteiger partial charge in [0.05, 0.1) is 10.9 Å². The molecular formula is C15H10N2O5. The smallest absolute Gasteiger partial charge is 0.339 e. The highest BCUT2D eigenvalue weighted by atomic mass is 16.6. The summed E-state index contributed by atoms with van der Waals surface area (Å²) >= 11 is 0. The monoisotopic (exact) mass is 298 g/mol. The maximum absolute atomic E-state index is 12.6. The summed E-state index contributed by atoms with van der Waals surface area (Å²) in [7, 11) is 0. The Morgan fingerprint density at radius 1 is 1.23 bits per heavy atom. The van der Waals surface area contributed by atoms with Crippen LogP contribution in [0.5, 0.6) is 11.5 Å². The number of hydrogen-bond acceptors (Lipinski definition) is 5. The van der Waals surface area contributed by atoms with Crippen LogP contribution in [-0.2, 0) is 0 Å². The van der Waals surface area contributed by atoms with Crippen LogP contribution in [0.25, 0.3) is 16.6 Å². The van der Waals surface area contributed by atoms with Crippen molar-refractivity contribution in [3.05, 3.63) is 46.4 Å². The standard InChI is InChI=1S/C15H10N2O5/c18-14-9-6-11-12(22-5-4-21-11)7-10(9)16-13-8(15(19)20)2-1-3-17(13)14/h1-3,6-7H,4-5H2,(H,19,20). The van der Waals surface area contributed by atoms with Gasteiger partial charge in [-0.25, -0.2) is 9.78 Å². The first-order chi connectivity index (χ1) is 10.6. The van der Waals surface area contributed by atoms with Gasteiger partial charge in [-0.2, -0.15) is 0 Å². The number of carboxylic acids is 1. The lowest BCUT2D eigenvalue weighted by Gasteiger charge is -2.18. The van der Waals surface area contributed by atoms with Crippen molar-refractivity contribution in [2.45, 2.75) is 0 Å². The Hall–Kier alpha value is -3.09. The molecule has 7 heteroatoms. The van der Waals surface area contributed by atoms with Crippen LogP contribution in [0.3, 0.4) is 0 Å². The van der Waals surface area contributed by atoms with Crippen LogP contribution in [0, 0.1) is 0 Å². The fraction of sp³-hybridized carbons (Fsp3) is 0.133. The Kier molecular flexibility index (Phi) is 2.56. The third-order valence-electron chi connectivity index (χ3n) is 3.53. The molecule has 2 aromatic heterocycles. The average Bonchev–Trinajstić information content (AvgIpc) is 2.53. The van der Waals surface area contributed by atoms with Crippen LogP contribution in [-0.4, -0.2) is 33.7 Å². The summed E-state index contributed by atoms with van der Waals surface area (Å²) in [4.78, 5) is 28.2.